The molecule has 1 aromatic rings. The van der Waals surface area contributed by atoms with Crippen LogP contribution >= 0.6 is 15.9 Å². The van der Waals surface area contributed by atoms with E-state index < -0.39 is 0 Å². The zero-order valence-corrected chi connectivity index (χ0v) is 8.68. The van der Waals surface area contributed by atoms with Crippen LogP contribution in [0, 0.1) is 5.82 Å². The summed E-state index contributed by atoms with van der Waals surface area (Å²) in [5, 5.41) is 0. The Kier molecular flexibility index (Phi) is 2.65. The Morgan fingerprint density at radius 2 is 2.23 bits per heavy atom. The molecule has 1 nitrogen and oxygen atoms in total. The molecule has 1 atom stereocenters. The van der Waals surface area contributed by atoms with Crippen molar-refractivity contribution in [3.63, 3.8) is 0 Å². The number of benzene rings is 1. The molecule has 0 saturated carbocycles. The van der Waals surface area contributed by atoms with Gasteiger partial charge in [-0.3, -0.25) is 0 Å². The van der Waals surface area contributed by atoms with Crippen LogP contribution in [0.5, 0.6) is 0 Å². The van der Waals surface area contributed by atoms with Crippen LogP contribution < -0.4 is 0 Å². The number of ether oxygens (including phenoxy) is 1. The van der Waals surface area contributed by atoms with Crippen molar-refractivity contribution in [1.29, 1.82) is 0 Å². The van der Waals surface area contributed by atoms with Gasteiger partial charge in [0.15, 0.2) is 0 Å². The van der Waals surface area contributed by atoms with E-state index in [1.165, 1.54) is 6.07 Å². The van der Waals surface area contributed by atoms with Crippen LogP contribution in [0.25, 0.3) is 0 Å². The first kappa shape index (κ1) is 9.16. The van der Waals surface area contributed by atoms with Crippen molar-refractivity contribution >= 4 is 15.9 Å². The molecule has 0 amide bonds. The normalized spacial score (nSPS) is 20.3. The van der Waals surface area contributed by atoms with Crippen molar-refractivity contribution in [3.8, 4) is 0 Å². The third-order valence-corrected chi connectivity index (χ3v) is 2.54. The fourth-order valence-corrected chi connectivity index (χ4v) is 1.83. The smallest absolute Gasteiger partial charge is 0.124 e. The lowest BCUT2D eigenvalue weighted by atomic mass is 10.1. The Morgan fingerprint density at radius 1 is 1.46 bits per heavy atom. The molecule has 0 spiro atoms. The van der Waals surface area contributed by atoms with Gasteiger partial charge in [-0.2, -0.15) is 0 Å². The molecule has 2 rings (SSSR count). The first-order chi connectivity index (χ1) is 6.24. The number of rotatable bonds is 3. The summed E-state index contributed by atoms with van der Waals surface area (Å²) in [5.41, 5.74) is 1.03. The third-order valence-electron chi connectivity index (χ3n) is 2.08. The van der Waals surface area contributed by atoms with Crippen molar-refractivity contribution < 1.29 is 9.13 Å². The Hall–Kier alpha value is -0.410. The van der Waals surface area contributed by atoms with Crippen LogP contribution in [0.4, 0.5) is 4.39 Å². The summed E-state index contributed by atoms with van der Waals surface area (Å²) in [4.78, 5) is 0. The summed E-state index contributed by atoms with van der Waals surface area (Å²) in [6.07, 6.45) is 2.30. The molecule has 1 unspecified atom stereocenters. The minimum Gasteiger partial charge on any atom is -0.373 e. The standard InChI is InChI=1S/C10H10BrFO/c11-8-3-7(4-9(12)5-8)1-2-10-6-13-10/h3-5,10H,1-2,6H2. The van der Waals surface area contributed by atoms with Crippen LogP contribution in [0.2, 0.25) is 0 Å². The zero-order chi connectivity index (χ0) is 9.26. The van der Waals surface area contributed by atoms with Gasteiger partial charge in [0.1, 0.15) is 5.82 Å². The lowest BCUT2D eigenvalue weighted by Crippen LogP contribution is -1.92. The highest BCUT2D eigenvalue weighted by Crippen LogP contribution is 2.20. The van der Waals surface area contributed by atoms with E-state index in [1.54, 1.807) is 6.07 Å². The first-order valence-corrected chi connectivity index (χ1v) is 5.10. The summed E-state index contributed by atoms with van der Waals surface area (Å²) < 4.78 is 18.8. The molecular formula is C10H10BrFO. The van der Waals surface area contributed by atoms with Gasteiger partial charge in [-0.15, -0.1) is 0 Å². The van der Waals surface area contributed by atoms with Crippen LogP contribution in [-0.2, 0) is 11.2 Å². The zero-order valence-electron chi connectivity index (χ0n) is 7.09. The molecule has 1 fully saturated rings. The van der Waals surface area contributed by atoms with E-state index in [0.717, 1.165) is 29.5 Å². The van der Waals surface area contributed by atoms with Gasteiger partial charge in [0.2, 0.25) is 0 Å². The Balaban J connectivity index is 2.01. The summed E-state index contributed by atoms with van der Waals surface area (Å²) in [6, 6.07) is 5.00. The minimum atomic E-state index is -0.180. The minimum absolute atomic E-state index is 0.180. The van der Waals surface area contributed by atoms with Crippen molar-refractivity contribution in [1.82, 2.24) is 0 Å². The molecule has 1 heterocycles. The molecule has 1 aliphatic heterocycles. The number of halogens is 2. The average molecular weight is 245 g/mol. The van der Waals surface area contributed by atoms with Crippen LogP contribution in [0.3, 0.4) is 0 Å². The molecule has 1 saturated heterocycles. The van der Waals surface area contributed by atoms with Crippen molar-refractivity contribution in [2.24, 2.45) is 0 Å². The van der Waals surface area contributed by atoms with E-state index in [1.807, 2.05) is 6.07 Å². The third kappa shape index (κ3) is 2.78. The van der Waals surface area contributed by atoms with Gasteiger partial charge in [-0.1, -0.05) is 15.9 Å². The summed E-state index contributed by atoms with van der Waals surface area (Å²) in [5.74, 6) is -0.180. The number of epoxide rings is 1. The summed E-state index contributed by atoms with van der Waals surface area (Å²) >= 11 is 3.26. The van der Waals surface area contributed by atoms with Gasteiger partial charge in [0.25, 0.3) is 0 Å². The predicted octanol–water partition coefficient (Wildman–Crippen LogP) is 2.92. The molecule has 0 N–H and O–H groups in total. The molecule has 3 heteroatoms. The first-order valence-electron chi connectivity index (χ1n) is 4.30. The lowest BCUT2D eigenvalue weighted by molar-refractivity contribution is 0.396. The van der Waals surface area contributed by atoms with E-state index in [0.29, 0.717) is 6.10 Å². The van der Waals surface area contributed by atoms with Crippen LogP contribution in [0.1, 0.15) is 12.0 Å². The van der Waals surface area contributed by atoms with Crippen molar-refractivity contribution in [2.45, 2.75) is 18.9 Å². The molecule has 0 aromatic heterocycles. The Labute approximate surface area is 85.0 Å². The fourth-order valence-electron chi connectivity index (χ4n) is 1.32. The SMILES string of the molecule is Fc1cc(Br)cc(CCC2CO2)c1. The Morgan fingerprint density at radius 3 is 2.85 bits per heavy atom. The number of aryl methyl sites for hydroxylation is 1. The van der Waals surface area contributed by atoms with Crippen LogP contribution in [-0.4, -0.2) is 12.7 Å². The second-order valence-corrected chi connectivity index (χ2v) is 4.19. The van der Waals surface area contributed by atoms with Gasteiger partial charge >= 0.3 is 0 Å². The second kappa shape index (κ2) is 3.76. The molecule has 0 aliphatic carbocycles. The average Bonchev–Trinajstić information content (AvgIpc) is 2.81. The van der Waals surface area contributed by atoms with Gasteiger partial charge in [0.05, 0.1) is 12.7 Å². The second-order valence-electron chi connectivity index (χ2n) is 3.27. The molecule has 0 bridgehead atoms. The summed E-state index contributed by atoms with van der Waals surface area (Å²) in [6.45, 7) is 0.872. The van der Waals surface area contributed by atoms with Crippen LogP contribution in [0.15, 0.2) is 22.7 Å². The lowest BCUT2D eigenvalue weighted by Gasteiger charge is -2.00. The van der Waals surface area contributed by atoms with Gasteiger partial charge in [-0.05, 0) is 36.6 Å². The maximum absolute atomic E-state index is 12.9. The molecule has 13 heavy (non-hydrogen) atoms. The highest BCUT2D eigenvalue weighted by Gasteiger charge is 2.21. The molecular weight excluding hydrogens is 235 g/mol. The van der Waals surface area contributed by atoms with E-state index >= 15 is 0 Å². The quantitative estimate of drug-likeness (QED) is 0.746. The number of hydrogen-bond donors (Lipinski definition) is 0. The Bertz CT molecular complexity index is 290. The van der Waals surface area contributed by atoms with Gasteiger partial charge in [-0.25, -0.2) is 4.39 Å². The monoisotopic (exact) mass is 244 g/mol. The topological polar surface area (TPSA) is 12.5 Å². The highest BCUT2D eigenvalue weighted by molar-refractivity contribution is 9.10. The fraction of sp³-hybridized carbons (Fsp3) is 0.400. The van der Waals surface area contributed by atoms with Crippen molar-refractivity contribution in [2.75, 3.05) is 6.61 Å². The highest BCUT2D eigenvalue weighted by atomic mass is 79.9. The molecule has 1 aromatic carbocycles. The van der Waals surface area contributed by atoms with Gasteiger partial charge < -0.3 is 4.74 Å². The molecule has 70 valence electrons. The summed E-state index contributed by atoms with van der Waals surface area (Å²) in [7, 11) is 0. The van der Waals surface area contributed by atoms with Gasteiger partial charge in [0, 0.05) is 4.47 Å². The van der Waals surface area contributed by atoms with E-state index in [4.69, 9.17) is 4.74 Å². The van der Waals surface area contributed by atoms with Crippen molar-refractivity contribution in [3.05, 3.63) is 34.1 Å². The predicted molar refractivity (Wildman–Crippen MR) is 52.2 cm³/mol. The maximum atomic E-state index is 12.9. The molecule has 0 radical (unpaired) electrons. The largest absolute Gasteiger partial charge is 0.373 e. The van der Waals surface area contributed by atoms with E-state index in [-0.39, 0.29) is 5.82 Å². The number of hydrogen-bond acceptors (Lipinski definition) is 1. The molecule has 1 aliphatic rings. The van der Waals surface area contributed by atoms with E-state index in [9.17, 15) is 4.39 Å². The maximum Gasteiger partial charge on any atom is 0.124 e. The van der Waals surface area contributed by atoms with E-state index in [2.05, 4.69) is 15.9 Å².